The normalized spacial score (nSPS) is 22.4. The van der Waals surface area contributed by atoms with Crippen LogP contribution in [0.25, 0.3) is 0 Å². The zero-order valence-corrected chi connectivity index (χ0v) is 17.6. The van der Waals surface area contributed by atoms with Gasteiger partial charge in [0, 0.05) is 44.6 Å². The molecule has 2 fully saturated rings. The van der Waals surface area contributed by atoms with E-state index >= 15 is 0 Å². The molecular weight excluding hydrogens is 469 g/mol. The van der Waals surface area contributed by atoms with Crippen molar-refractivity contribution in [2.24, 2.45) is 10.4 Å². The highest BCUT2D eigenvalue weighted by Crippen LogP contribution is 2.35. The van der Waals surface area contributed by atoms with E-state index < -0.39 is 11.6 Å². The Kier molecular flexibility index (Phi) is 7.63. The third-order valence-corrected chi connectivity index (χ3v) is 4.91. The fraction of sp³-hybridized carbons (Fsp3) is 0.556. The molecule has 1 atom stereocenters. The summed E-state index contributed by atoms with van der Waals surface area (Å²) in [6, 6.07) is 3.23. The molecule has 6 nitrogen and oxygen atoms in total. The van der Waals surface area contributed by atoms with Crippen molar-refractivity contribution in [1.29, 1.82) is 0 Å². The second kappa shape index (κ2) is 9.52. The van der Waals surface area contributed by atoms with Gasteiger partial charge in [-0.15, -0.1) is 24.0 Å². The molecule has 3 rings (SSSR count). The van der Waals surface area contributed by atoms with Gasteiger partial charge in [-0.2, -0.15) is 0 Å². The van der Waals surface area contributed by atoms with E-state index in [9.17, 15) is 13.6 Å². The number of carbonyl (C=O) groups excluding carboxylic acids is 1. The Morgan fingerprint density at radius 3 is 2.93 bits per heavy atom. The molecule has 150 valence electrons. The van der Waals surface area contributed by atoms with E-state index in [2.05, 4.69) is 20.5 Å². The first-order valence-corrected chi connectivity index (χ1v) is 8.81. The summed E-state index contributed by atoms with van der Waals surface area (Å²) in [5, 5.41) is 6.14. The molecule has 27 heavy (non-hydrogen) atoms. The van der Waals surface area contributed by atoms with Crippen LogP contribution in [-0.2, 0) is 4.79 Å². The van der Waals surface area contributed by atoms with Gasteiger partial charge in [-0.05, 0) is 25.0 Å². The molecule has 2 heterocycles. The van der Waals surface area contributed by atoms with Crippen molar-refractivity contribution in [1.82, 2.24) is 15.5 Å². The molecule has 2 aliphatic rings. The van der Waals surface area contributed by atoms with Gasteiger partial charge >= 0.3 is 0 Å². The summed E-state index contributed by atoms with van der Waals surface area (Å²) in [6.07, 6.45) is 2.60. The quantitative estimate of drug-likeness (QED) is 0.292. The highest BCUT2D eigenvalue weighted by atomic mass is 127. The summed E-state index contributed by atoms with van der Waals surface area (Å²) < 4.78 is 31.8. The van der Waals surface area contributed by atoms with Crippen LogP contribution in [0.5, 0.6) is 5.75 Å². The molecule has 0 radical (unpaired) electrons. The van der Waals surface area contributed by atoms with E-state index in [-0.39, 0.29) is 47.7 Å². The zero-order valence-electron chi connectivity index (χ0n) is 15.3. The molecule has 9 heteroatoms. The number of nitrogens with zero attached hydrogens (tertiary/aromatic N) is 2. The van der Waals surface area contributed by atoms with E-state index in [1.54, 1.807) is 7.05 Å². The topological polar surface area (TPSA) is 66.0 Å². The third-order valence-electron chi connectivity index (χ3n) is 4.91. The fourth-order valence-electron chi connectivity index (χ4n) is 3.68. The molecule has 1 spiro atoms. The molecule has 2 saturated heterocycles. The number of ether oxygens (including phenoxy) is 1. The van der Waals surface area contributed by atoms with Gasteiger partial charge in [0.1, 0.15) is 12.4 Å². The summed E-state index contributed by atoms with van der Waals surface area (Å²) in [4.78, 5) is 18.1. The van der Waals surface area contributed by atoms with Gasteiger partial charge in [0.25, 0.3) is 0 Å². The number of halogens is 3. The molecule has 1 aromatic carbocycles. The van der Waals surface area contributed by atoms with Crippen LogP contribution in [0.3, 0.4) is 0 Å². The van der Waals surface area contributed by atoms with E-state index in [0.717, 1.165) is 44.0 Å². The average molecular weight is 494 g/mol. The maximum absolute atomic E-state index is 13.5. The number of hydrogen-bond donors (Lipinski definition) is 2. The SMILES string of the molecule is CN=C(NCCOc1ccc(F)cc1F)N1CCCC2(CNC(=O)C2)C1.I. The maximum Gasteiger partial charge on any atom is 0.220 e. The number of amides is 1. The number of likely N-dealkylation sites (tertiary alicyclic amines) is 1. The Morgan fingerprint density at radius 1 is 1.44 bits per heavy atom. The number of nitrogens with one attached hydrogen (secondary N) is 2. The number of carbonyl (C=O) groups is 1. The van der Waals surface area contributed by atoms with Crippen molar-refractivity contribution < 1.29 is 18.3 Å². The lowest BCUT2D eigenvalue weighted by Gasteiger charge is -2.40. The lowest BCUT2D eigenvalue weighted by atomic mass is 9.79. The van der Waals surface area contributed by atoms with Crippen molar-refractivity contribution in [3.05, 3.63) is 29.8 Å². The van der Waals surface area contributed by atoms with Gasteiger partial charge in [0.15, 0.2) is 17.5 Å². The van der Waals surface area contributed by atoms with E-state index in [0.29, 0.717) is 19.5 Å². The number of benzene rings is 1. The monoisotopic (exact) mass is 494 g/mol. The van der Waals surface area contributed by atoms with Gasteiger partial charge in [-0.1, -0.05) is 0 Å². The summed E-state index contributed by atoms with van der Waals surface area (Å²) in [6.45, 7) is 3.03. The van der Waals surface area contributed by atoms with Crippen LogP contribution >= 0.6 is 24.0 Å². The van der Waals surface area contributed by atoms with Gasteiger partial charge in [-0.25, -0.2) is 8.78 Å². The Balaban J connectivity index is 0.00000261. The number of aliphatic imine (C=N–C) groups is 1. The lowest BCUT2D eigenvalue weighted by molar-refractivity contribution is -0.119. The van der Waals surface area contributed by atoms with Crippen LogP contribution in [0.4, 0.5) is 8.78 Å². The molecule has 2 N–H and O–H groups in total. The van der Waals surface area contributed by atoms with E-state index in [1.807, 2.05) is 0 Å². The van der Waals surface area contributed by atoms with Crippen LogP contribution in [0, 0.1) is 17.0 Å². The Hall–Kier alpha value is -1.65. The minimum atomic E-state index is -0.717. The average Bonchev–Trinajstić information content (AvgIpc) is 2.96. The van der Waals surface area contributed by atoms with E-state index in [4.69, 9.17) is 4.74 Å². The largest absolute Gasteiger partial charge is 0.489 e. The van der Waals surface area contributed by atoms with Crippen molar-refractivity contribution in [3.63, 3.8) is 0 Å². The number of guanidine groups is 1. The number of rotatable bonds is 4. The van der Waals surface area contributed by atoms with Crippen LogP contribution in [0.15, 0.2) is 23.2 Å². The van der Waals surface area contributed by atoms with Gasteiger partial charge in [0.2, 0.25) is 5.91 Å². The second-order valence-corrected chi connectivity index (χ2v) is 6.88. The smallest absolute Gasteiger partial charge is 0.220 e. The molecule has 1 unspecified atom stereocenters. The summed E-state index contributed by atoms with van der Waals surface area (Å²) in [5.74, 6) is -0.468. The Morgan fingerprint density at radius 2 is 2.26 bits per heavy atom. The van der Waals surface area contributed by atoms with Crippen LogP contribution in [0.2, 0.25) is 0 Å². The summed E-state index contributed by atoms with van der Waals surface area (Å²) >= 11 is 0. The summed E-state index contributed by atoms with van der Waals surface area (Å²) in [5.41, 5.74) is -0.0132. The molecule has 2 aliphatic heterocycles. The van der Waals surface area contributed by atoms with Crippen molar-refractivity contribution in [2.45, 2.75) is 19.3 Å². The first-order chi connectivity index (χ1) is 12.5. The third kappa shape index (κ3) is 5.43. The number of hydrogen-bond acceptors (Lipinski definition) is 3. The minimum absolute atomic E-state index is 0. The first-order valence-electron chi connectivity index (χ1n) is 8.81. The molecule has 1 amide bonds. The van der Waals surface area contributed by atoms with Crippen molar-refractivity contribution in [2.75, 3.05) is 39.8 Å². The summed E-state index contributed by atoms with van der Waals surface area (Å²) in [7, 11) is 1.71. The van der Waals surface area contributed by atoms with Crippen LogP contribution < -0.4 is 15.4 Å². The predicted octanol–water partition coefficient (Wildman–Crippen LogP) is 2.14. The highest BCUT2D eigenvalue weighted by molar-refractivity contribution is 14.0. The minimum Gasteiger partial charge on any atom is -0.489 e. The molecule has 0 aliphatic carbocycles. The maximum atomic E-state index is 13.5. The molecule has 0 aromatic heterocycles. The highest BCUT2D eigenvalue weighted by Gasteiger charge is 2.42. The second-order valence-electron chi connectivity index (χ2n) is 6.88. The van der Waals surface area contributed by atoms with E-state index in [1.165, 1.54) is 6.07 Å². The standard InChI is InChI=1S/C18H24F2N4O2.HI/c1-21-17(22-6-8-26-15-4-3-13(19)9-14(15)20)24-7-2-5-18(12-24)10-16(25)23-11-18;/h3-4,9H,2,5-8,10-12H2,1H3,(H,21,22)(H,23,25);1H. The van der Waals surface area contributed by atoms with Crippen molar-refractivity contribution in [3.8, 4) is 5.75 Å². The molecule has 1 aromatic rings. The number of piperidine rings is 1. The molecular formula is C18H25F2IN4O2. The predicted molar refractivity (Wildman–Crippen MR) is 109 cm³/mol. The Bertz CT molecular complexity index is 704. The van der Waals surface area contributed by atoms with Crippen LogP contribution in [0.1, 0.15) is 19.3 Å². The van der Waals surface area contributed by atoms with Gasteiger partial charge < -0.3 is 20.3 Å². The zero-order chi connectivity index (χ0) is 18.6. The lowest BCUT2D eigenvalue weighted by Crippen LogP contribution is -2.51. The van der Waals surface area contributed by atoms with Gasteiger partial charge in [0.05, 0.1) is 6.54 Å². The molecule has 0 bridgehead atoms. The molecule has 0 saturated carbocycles. The Labute approximate surface area is 174 Å². The van der Waals surface area contributed by atoms with Gasteiger partial charge in [-0.3, -0.25) is 9.79 Å². The first kappa shape index (κ1) is 21.6. The fourth-order valence-corrected chi connectivity index (χ4v) is 3.68. The van der Waals surface area contributed by atoms with Crippen molar-refractivity contribution >= 4 is 35.8 Å². The van der Waals surface area contributed by atoms with Crippen LogP contribution in [-0.4, -0.2) is 56.6 Å².